The van der Waals surface area contributed by atoms with Gasteiger partial charge in [-0.3, -0.25) is 9.11 Å². The third kappa shape index (κ3) is 3.19. The third-order valence-corrected chi connectivity index (χ3v) is 6.65. The Bertz CT molecular complexity index is 1290. The standard InChI is InChI=1S/C18H14N4O6S2/c23-29(24,25)9-1-3-11-13(5-9)21-17-8-16-18(7-15(17)19-11)22-14-6-10(30(26,27)28)2-4-12(14)20-16/h1-8,11-12,19-20H,(H,23,24,25)(H,26,27,28). The fourth-order valence-electron chi connectivity index (χ4n) is 3.52. The number of allylic oxidation sites excluding steroid dienone is 2. The molecule has 154 valence electrons. The van der Waals surface area contributed by atoms with Crippen LogP contribution in [0.5, 0.6) is 0 Å². The first-order valence-electron chi connectivity index (χ1n) is 8.71. The molecule has 1 aromatic rings. The van der Waals surface area contributed by atoms with E-state index in [-0.39, 0.29) is 21.9 Å². The molecule has 12 heteroatoms. The van der Waals surface area contributed by atoms with Crippen molar-refractivity contribution in [2.45, 2.75) is 12.1 Å². The van der Waals surface area contributed by atoms with Gasteiger partial charge in [-0.2, -0.15) is 16.8 Å². The normalized spacial score (nSPS) is 23.9. The van der Waals surface area contributed by atoms with E-state index in [0.717, 1.165) is 0 Å². The van der Waals surface area contributed by atoms with Crippen LogP contribution in [0.3, 0.4) is 0 Å². The van der Waals surface area contributed by atoms with Gasteiger partial charge in [-0.1, -0.05) is 12.2 Å². The topological polar surface area (TPSA) is 158 Å². The second-order valence-electron chi connectivity index (χ2n) is 6.97. The molecular formula is C18H14N4O6S2. The van der Waals surface area contributed by atoms with Crippen molar-refractivity contribution in [2.75, 3.05) is 10.6 Å². The summed E-state index contributed by atoms with van der Waals surface area (Å²) >= 11 is 0. The highest BCUT2D eigenvalue weighted by Gasteiger charge is 2.29. The number of nitrogens with one attached hydrogen (secondary N) is 2. The molecule has 0 saturated carbocycles. The van der Waals surface area contributed by atoms with Crippen molar-refractivity contribution in [3.63, 3.8) is 0 Å². The van der Waals surface area contributed by atoms with Gasteiger partial charge in [0.05, 0.1) is 56.1 Å². The zero-order valence-corrected chi connectivity index (χ0v) is 16.6. The lowest BCUT2D eigenvalue weighted by molar-refractivity contribution is 0.490. The number of hydrogen-bond acceptors (Lipinski definition) is 8. The van der Waals surface area contributed by atoms with Gasteiger partial charge >= 0.3 is 0 Å². The van der Waals surface area contributed by atoms with E-state index in [1.807, 2.05) is 0 Å². The summed E-state index contributed by atoms with van der Waals surface area (Å²) in [5.41, 5.74) is 3.31. The smallest absolute Gasteiger partial charge is 0.294 e. The lowest BCUT2D eigenvalue weighted by Gasteiger charge is -2.29. The number of benzene rings is 1. The van der Waals surface area contributed by atoms with E-state index in [4.69, 9.17) is 0 Å². The van der Waals surface area contributed by atoms with Crippen molar-refractivity contribution >= 4 is 54.4 Å². The lowest BCUT2D eigenvalue weighted by Crippen LogP contribution is -2.33. The number of hydrogen-bond donors (Lipinski definition) is 4. The van der Waals surface area contributed by atoms with Gasteiger partial charge in [0.25, 0.3) is 20.2 Å². The van der Waals surface area contributed by atoms with Crippen molar-refractivity contribution < 1.29 is 25.9 Å². The minimum absolute atomic E-state index is 0.234. The molecule has 30 heavy (non-hydrogen) atoms. The highest BCUT2D eigenvalue weighted by atomic mass is 32.2. The van der Waals surface area contributed by atoms with Gasteiger partial charge in [0, 0.05) is 0 Å². The predicted octanol–water partition coefficient (Wildman–Crippen LogP) is 2.10. The van der Waals surface area contributed by atoms with Crippen LogP contribution in [0.2, 0.25) is 0 Å². The minimum atomic E-state index is -4.33. The molecule has 4 aliphatic rings. The first-order valence-corrected chi connectivity index (χ1v) is 11.6. The van der Waals surface area contributed by atoms with E-state index >= 15 is 0 Å². The van der Waals surface area contributed by atoms with Crippen LogP contribution in [0.25, 0.3) is 0 Å². The van der Waals surface area contributed by atoms with Crippen LogP contribution >= 0.6 is 0 Å². The van der Waals surface area contributed by atoms with Gasteiger partial charge in [0.15, 0.2) is 0 Å². The van der Waals surface area contributed by atoms with Crippen molar-refractivity contribution in [3.05, 3.63) is 58.4 Å². The van der Waals surface area contributed by atoms with Gasteiger partial charge < -0.3 is 10.6 Å². The van der Waals surface area contributed by atoms with Crippen LogP contribution in [0.4, 0.5) is 22.7 Å². The Hall–Kier alpha value is -3.06. The van der Waals surface area contributed by atoms with Crippen LogP contribution in [0, 0.1) is 0 Å². The maximum absolute atomic E-state index is 11.4. The Labute approximate surface area is 171 Å². The lowest BCUT2D eigenvalue weighted by atomic mass is 10.00. The molecule has 5 rings (SSSR count). The molecule has 4 N–H and O–H groups in total. The molecule has 0 aromatic heterocycles. The fourth-order valence-corrected chi connectivity index (χ4v) is 4.56. The maximum atomic E-state index is 11.4. The van der Waals surface area contributed by atoms with Gasteiger partial charge in [0.2, 0.25) is 0 Å². The molecule has 2 unspecified atom stereocenters. The van der Waals surface area contributed by atoms with Crippen LogP contribution in [0.15, 0.2) is 68.4 Å². The second kappa shape index (κ2) is 6.22. The monoisotopic (exact) mass is 446 g/mol. The van der Waals surface area contributed by atoms with E-state index < -0.39 is 20.2 Å². The van der Waals surface area contributed by atoms with Crippen LogP contribution in [0.1, 0.15) is 0 Å². The Balaban J connectivity index is 1.56. The van der Waals surface area contributed by atoms with Gasteiger partial charge in [0.1, 0.15) is 0 Å². The fraction of sp³-hybridized carbons (Fsp3) is 0.111. The zero-order valence-electron chi connectivity index (χ0n) is 15.0. The van der Waals surface area contributed by atoms with Crippen molar-refractivity contribution in [1.29, 1.82) is 0 Å². The molecule has 2 aliphatic carbocycles. The minimum Gasteiger partial charge on any atom is -0.371 e. The summed E-state index contributed by atoms with van der Waals surface area (Å²) in [4.78, 5) is 8.55. The Morgan fingerprint density at radius 2 is 1.13 bits per heavy atom. The SMILES string of the molecule is O=S(=O)(O)C1=CC2=Nc3cc4c(cc3NC2C=C1)N=C1C=C(S(=O)(=O)O)C=CC1N4. The second-order valence-corrected chi connectivity index (χ2v) is 9.81. The Morgan fingerprint density at radius 1 is 0.733 bits per heavy atom. The maximum Gasteiger partial charge on any atom is 0.294 e. The average molecular weight is 446 g/mol. The zero-order chi connectivity index (χ0) is 21.3. The van der Waals surface area contributed by atoms with E-state index in [1.54, 1.807) is 24.3 Å². The number of anilines is 2. The van der Waals surface area contributed by atoms with Gasteiger partial charge in [-0.25, -0.2) is 9.98 Å². The Morgan fingerprint density at radius 3 is 1.50 bits per heavy atom. The van der Waals surface area contributed by atoms with E-state index in [9.17, 15) is 25.9 Å². The molecule has 0 saturated heterocycles. The summed E-state index contributed by atoms with van der Waals surface area (Å²) in [5.74, 6) is 0. The molecule has 2 aliphatic heterocycles. The van der Waals surface area contributed by atoms with E-state index in [1.165, 1.54) is 24.3 Å². The molecule has 10 nitrogen and oxygen atoms in total. The van der Waals surface area contributed by atoms with Crippen molar-refractivity contribution in [1.82, 2.24) is 0 Å². The highest BCUT2D eigenvalue weighted by Crippen LogP contribution is 2.42. The predicted molar refractivity (Wildman–Crippen MR) is 113 cm³/mol. The largest absolute Gasteiger partial charge is 0.371 e. The van der Waals surface area contributed by atoms with Crippen LogP contribution in [-0.2, 0) is 20.2 Å². The molecule has 0 spiro atoms. The molecule has 2 heterocycles. The average Bonchev–Trinajstić information content (AvgIpc) is 2.66. The first-order chi connectivity index (χ1) is 14.1. The van der Waals surface area contributed by atoms with Crippen molar-refractivity contribution in [3.8, 4) is 0 Å². The number of nitrogens with zero attached hydrogens (tertiary/aromatic N) is 2. The summed E-state index contributed by atoms with van der Waals surface area (Å²) in [7, 11) is -8.67. The molecule has 0 fully saturated rings. The first kappa shape index (κ1) is 18.9. The number of fused-ring (bicyclic) bond motifs is 4. The Kier molecular flexibility index (Phi) is 3.92. The summed E-state index contributed by atoms with van der Waals surface area (Å²) in [6.45, 7) is 0. The quantitative estimate of drug-likeness (QED) is 0.503. The number of aliphatic imine (C=N–C) groups is 2. The molecule has 0 radical (unpaired) electrons. The highest BCUT2D eigenvalue weighted by molar-refractivity contribution is 7.90. The molecule has 2 atom stereocenters. The van der Waals surface area contributed by atoms with E-state index in [2.05, 4.69) is 20.6 Å². The summed E-state index contributed by atoms with van der Waals surface area (Å²) in [6.07, 6.45) is 8.39. The summed E-state index contributed by atoms with van der Waals surface area (Å²) < 4.78 is 64.1. The van der Waals surface area contributed by atoms with Crippen LogP contribution < -0.4 is 10.6 Å². The molecule has 0 amide bonds. The van der Waals surface area contributed by atoms with E-state index in [0.29, 0.717) is 34.2 Å². The van der Waals surface area contributed by atoms with Gasteiger partial charge in [-0.15, -0.1) is 0 Å². The summed E-state index contributed by atoms with van der Waals surface area (Å²) in [6, 6.07) is 2.75. The molecular weight excluding hydrogens is 432 g/mol. The van der Waals surface area contributed by atoms with Gasteiger partial charge in [-0.05, 0) is 36.4 Å². The van der Waals surface area contributed by atoms with Crippen LogP contribution in [-0.4, -0.2) is 49.4 Å². The molecule has 0 bridgehead atoms. The third-order valence-electron chi connectivity index (χ3n) is 4.95. The summed E-state index contributed by atoms with van der Waals surface area (Å²) in [5, 5.41) is 6.45. The van der Waals surface area contributed by atoms with Crippen molar-refractivity contribution in [2.24, 2.45) is 9.98 Å². The number of rotatable bonds is 2. The molecule has 1 aromatic carbocycles.